The quantitative estimate of drug-likeness (QED) is 0.534. The van der Waals surface area contributed by atoms with Gasteiger partial charge in [0.05, 0.1) is 17.2 Å². The molecule has 0 spiro atoms. The highest BCUT2D eigenvalue weighted by Gasteiger charge is 2.27. The molecule has 2 heterocycles. The van der Waals surface area contributed by atoms with Crippen LogP contribution in [0.1, 0.15) is 30.2 Å². The number of rotatable bonds is 7. The Morgan fingerprint density at radius 3 is 2.55 bits per heavy atom. The van der Waals surface area contributed by atoms with Crippen LogP contribution in [-0.4, -0.2) is 49.1 Å². The van der Waals surface area contributed by atoms with Crippen LogP contribution in [0.4, 0.5) is 11.4 Å². The van der Waals surface area contributed by atoms with E-state index in [2.05, 4.69) is 15.2 Å². The third-order valence-electron chi connectivity index (χ3n) is 5.30. The van der Waals surface area contributed by atoms with Gasteiger partial charge < -0.3 is 9.73 Å². The molecule has 0 aliphatic carbocycles. The number of hydrogen-bond acceptors (Lipinski definition) is 8. The van der Waals surface area contributed by atoms with E-state index < -0.39 is 14.8 Å². The second-order valence-electron chi connectivity index (χ2n) is 7.53. The largest absolute Gasteiger partial charge is 0.444 e. The second-order valence-corrected chi connectivity index (χ2v) is 9.52. The average molecular weight is 423 g/mol. The van der Waals surface area contributed by atoms with Crippen LogP contribution < -0.4 is 5.32 Å². The topological polar surface area (TPSA) is 119 Å². The number of aromatic nitrogens is 1. The lowest BCUT2D eigenvalue weighted by molar-refractivity contribution is -0.386. The predicted molar refractivity (Wildman–Crippen MR) is 109 cm³/mol. The lowest BCUT2D eigenvalue weighted by Crippen LogP contribution is -2.35. The molecule has 1 N–H and O–H groups in total. The fourth-order valence-corrected chi connectivity index (χ4v) is 4.42. The molecule has 0 unspecified atom stereocenters. The van der Waals surface area contributed by atoms with Crippen molar-refractivity contribution in [1.29, 1.82) is 0 Å². The molecule has 0 atom stereocenters. The molecule has 0 saturated carbocycles. The summed E-state index contributed by atoms with van der Waals surface area (Å²) in [5, 5.41) is 14.6. The molecule has 1 fully saturated rings. The van der Waals surface area contributed by atoms with E-state index in [1.165, 1.54) is 12.1 Å². The van der Waals surface area contributed by atoms with Gasteiger partial charge in [-0.3, -0.25) is 15.0 Å². The van der Waals surface area contributed by atoms with E-state index in [-0.39, 0.29) is 16.3 Å². The summed E-state index contributed by atoms with van der Waals surface area (Å²) in [6, 6.07) is 4.34. The molecule has 1 aliphatic rings. The maximum atomic E-state index is 11.9. The molecule has 2 aromatic rings. The molecule has 1 saturated heterocycles. The molecule has 1 aliphatic heterocycles. The van der Waals surface area contributed by atoms with Gasteiger partial charge in [0.15, 0.2) is 9.84 Å². The highest BCUT2D eigenvalue weighted by atomic mass is 32.2. The van der Waals surface area contributed by atoms with Crippen molar-refractivity contribution in [3.63, 3.8) is 0 Å². The van der Waals surface area contributed by atoms with Gasteiger partial charge in [-0.05, 0) is 57.8 Å². The van der Waals surface area contributed by atoms with Gasteiger partial charge in [-0.15, -0.1) is 0 Å². The molecule has 29 heavy (non-hydrogen) atoms. The number of likely N-dealkylation sites (tertiary alicyclic amines) is 1. The number of nitro groups is 1. The third-order valence-corrected chi connectivity index (χ3v) is 6.43. The van der Waals surface area contributed by atoms with Crippen molar-refractivity contribution in [2.24, 2.45) is 5.92 Å². The molecular formula is C19H26N4O5S. The van der Waals surface area contributed by atoms with Crippen LogP contribution in [0, 0.1) is 29.9 Å². The SMILES string of the molecule is Cc1nc(CN2CCC(CNc3cccc(S(C)(=O)=O)c3[N+](=O)[O-])CC2)oc1C. The zero-order valence-electron chi connectivity index (χ0n) is 16.8. The number of nitro benzene ring substituents is 1. The third kappa shape index (κ3) is 5.13. The number of piperidine rings is 1. The number of sulfone groups is 1. The minimum Gasteiger partial charge on any atom is -0.444 e. The number of para-hydroxylation sites is 1. The van der Waals surface area contributed by atoms with E-state index in [1.54, 1.807) is 6.07 Å². The van der Waals surface area contributed by atoms with Crippen LogP contribution in [-0.2, 0) is 16.4 Å². The first-order valence-electron chi connectivity index (χ1n) is 9.51. The van der Waals surface area contributed by atoms with Crippen molar-refractivity contribution in [3.05, 3.63) is 45.7 Å². The van der Waals surface area contributed by atoms with Crippen molar-refractivity contribution < 1.29 is 17.8 Å². The molecule has 10 heteroatoms. The predicted octanol–water partition coefficient (Wildman–Crippen LogP) is 2.93. The first-order valence-corrected chi connectivity index (χ1v) is 11.4. The molecule has 0 radical (unpaired) electrons. The first kappa shape index (κ1) is 21.3. The van der Waals surface area contributed by atoms with Crippen LogP contribution >= 0.6 is 0 Å². The number of benzene rings is 1. The number of nitrogens with one attached hydrogen (secondary N) is 1. The van der Waals surface area contributed by atoms with Gasteiger partial charge in [0.2, 0.25) is 5.89 Å². The number of aryl methyl sites for hydroxylation is 2. The van der Waals surface area contributed by atoms with Crippen LogP contribution in [0.5, 0.6) is 0 Å². The van der Waals surface area contributed by atoms with Crippen LogP contribution in [0.3, 0.4) is 0 Å². The summed E-state index contributed by atoms with van der Waals surface area (Å²) in [5.41, 5.74) is 0.769. The fourth-order valence-electron chi connectivity index (χ4n) is 3.55. The van der Waals surface area contributed by atoms with Crippen LogP contribution in [0.15, 0.2) is 27.5 Å². The normalized spacial score (nSPS) is 16.1. The Morgan fingerprint density at radius 1 is 1.31 bits per heavy atom. The van der Waals surface area contributed by atoms with Crippen molar-refractivity contribution in [2.75, 3.05) is 31.2 Å². The molecule has 9 nitrogen and oxygen atoms in total. The minimum absolute atomic E-state index is 0.242. The summed E-state index contributed by atoms with van der Waals surface area (Å²) in [4.78, 5) is 17.3. The Balaban J connectivity index is 1.59. The zero-order chi connectivity index (χ0) is 21.2. The standard InChI is InChI=1S/C19H26N4O5S/c1-13-14(2)28-18(21-13)12-22-9-7-15(8-10-22)11-20-16-5-4-6-17(29(3,26)27)19(16)23(24)25/h4-6,15,20H,7-12H2,1-3H3. The summed E-state index contributed by atoms with van der Waals surface area (Å²) in [7, 11) is -3.69. The highest BCUT2D eigenvalue weighted by molar-refractivity contribution is 7.90. The smallest absolute Gasteiger partial charge is 0.310 e. The van der Waals surface area contributed by atoms with Gasteiger partial charge in [0, 0.05) is 12.8 Å². The van der Waals surface area contributed by atoms with Crippen molar-refractivity contribution in [2.45, 2.75) is 38.1 Å². The van der Waals surface area contributed by atoms with Crippen molar-refractivity contribution in [3.8, 4) is 0 Å². The first-order chi connectivity index (χ1) is 13.6. The van der Waals surface area contributed by atoms with Gasteiger partial charge >= 0.3 is 5.69 Å². The Labute approximate surface area is 170 Å². The number of hydrogen-bond donors (Lipinski definition) is 1. The zero-order valence-corrected chi connectivity index (χ0v) is 17.7. The number of oxazole rings is 1. The fraction of sp³-hybridized carbons (Fsp3) is 0.526. The van der Waals surface area contributed by atoms with E-state index in [1.807, 2.05) is 13.8 Å². The Hall–Kier alpha value is -2.46. The van der Waals surface area contributed by atoms with Gasteiger partial charge in [0.1, 0.15) is 16.3 Å². The van der Waals surface area contributed by atoms with Crippen LogP contribution in [0.2, 0.25) is 0 Å². The maximum Gasteiger partial charge on any atom is 0.310 e. The monoisotopic (exact) mass is 422 g/mol. The van der Waals surface area contributed by atoms with Crippen molar-refractivity contribution in [1.82, 2.24) is 9.88 Å². The van der Waals surface area contributed by atoms with E-state index in [9.17, 15) is 18.5 Å². The summed E-state index contributed by atoms with van der Waals surface area (Å²) in [6.07, 6.45) is 2.85. The summed E-state index contributed by atoms with van der Waals surface area (Å²) in [6.45, 7) is 6.84. The Morgan fingerprint density at radius 2 is 2.00 bits per heavy atom. The minimum atomic E-state index is -3.69. The van der Waals surface area contributed by atoms with Crippen LogP contribution in [0.25, 0.3) is 0 Å². The maximum absolute atomic E-state index is 11.9. The summed E-state index contributed by atoms with van der Waals surface area (Å²) >= 11 is 0. The van der Waals surface area contributed by atoms with Gasteiger partial charge in [-0.2, -0.15) is 0 Å². The van der Waals surface area contributed by atoms with Gasteiger partial charge in [-0.1, -0.05) is 6.07 Å². The Kier molecular flexibility index (Phi) is 6.23. The Bertz CT molecular complexity index is 975. The molecule has 0 bridgehead atoms. The highest BCUT2D eigenvalue weighted by Crippen LogP contribution is 2.32. The lowest BCUT2D eigenvalue weighted by Gasteiger charge is -2.31. The molecule has 0 amide bonds. The molecule has 158 valence electrons. The lowest BCUT2D eigenvalue weighted by atomic mass is 9.96. The molecule has 1 aromatic carbocycles. The van der Waals surface area contributed by atoms with E-state index >= 15 is 0 Å². The van der Waals surface area contributed by atoms with Gasteiger partial charge in [-0.25, -0.2) is 13.4 Å². The number of nitrogens with zero attached hydrogens (tertiary/aromatic N) is 3. The van der Waals surface area contributed by atoms with Gasteiger partial charge in [0.25, 0.3) is 0 Å². The summed E-state index contributed by atoms with van der Waals surface area (Å²) in [5.74, 6) is 1.92. The van der Waals surface area contributed by atoms with E-state index in [0.717, 1.165) is 49.5 Å². The van der Waals surface area contributed by atoms with E-state index in [0.29, 0.717) is 19.0 Å². The van der Waals surface area contributed by atoms with Crippen molar-refractivity contribution >= 4 is 21.2 Å². The molecule has 1 aromatic heterocycles. The molecular weight excluding hydrogens is 396 g/mol. The molecule has 3 rings (SSSR count). The summed E-state index contributed by atoms with van der Waals surface area (Å²) < 4.78 is 29.4. The average Bonchev–Trinajstić information content (AvgIpc) is 2.97. The van der Waals surface area contributed by atoms with E-state index in [4.69, 9.17) is 4.42 Å². The second kappa shape index (κ2) is 8.50. The number of anilines is 1.